The van der Waals surface area contributed by atoms with Crippen LogP contribution in [-0.2, 0) is 9.59 Å². The zero-order chi connectivity index (χ0) is 12.0. The summed E-state index contributed by atoms with van der Waals surface area (Å²) in [6.45, 7) is 6.61. The molecule has 0 aliphatic heterocycles. The van der Waals surface area contributed by atoms with E-state index >= 15 is 0 Å². The molecule has 0 spiro atoms. The standard InChI is InChI=1S/C12H11NO3/c1-3-11(14)13-9-7-5-6-8-10(9)16-12(15)4-2/h3-8H,1-2H2,(H,13,14). The highest BCUT2D eigenvalue weighted by atomic mass is 16.5. The topological polar surface area (TPSA) is 55.4 Å². The molecule has 0 saturated heterocycles. The van der Waals surface area contributed by atoms with Gasteiger partial charge in [-0.1, -0.05) is 25.3 Å². The van der Waals surface area contributed by atoms with Crippen LogP contribution in [0.5, 0.6) is 5.75 Å². The highest BCUT2D eigenvalue weighted by Gasteiger charge is 2.07. The van der Waals surface area contributed by atoms with E-state index in [1.807, 2.05) is 0 Å². The molecule has 4 heteroatoms. The molecular weight excluding hydrogens is 206 g/mol. The molecule has 0 saturated carbocycles. The van der Waals surface area contributed by atoms with Crippen LogP contribution in [0.25, 0.3) is 0 Å². The fourth-order valence-corrected chi connectivity index (χ4v) is 0.993. The summed E-state index contributed by atoms with van der Waals surface area (Å²) in [5, 5.41) is 2.52. The highest BCUT2D eigenvalue weighted by Crippen LogP contribution is 2.23. The smallest absolute Gasteiger partial charge is 0.335 e. The lowest BCUT2D eigenvalue weighted by atomic mass is 10.3. The first-order chi connectivity index (χ1) is 7.67. The van der Waals surface area contributed by atoms with Crippen LogP contribution >= 0.6 is 0 Å². The number of esters is 1. The van der Waals surface area contributed by atoms with Gasteiger partial charge in [-0.15, -0.1) is 0 Å². The van der Waals surface area contributed by atoms with Crippen LogP contribution in [0.4, 0.5) is 5.69 Å². The summed E-state index contributed by atoms with van der Waals surface area (Å²) in [5.41, 5.74) is 0.405. The van der Waals surface area contributed by atoms with Crippen molar-refractivity contribution in [2.24, 2.45) is 0 Å². The van der Waals surface area contributed by atoms with E-state index in [9.17, 15) is 9.59 Å². The lowest BCUT2D eigenvalue weighted by Gasteiger charge is -2.08. The lowest BCUT2D eigenvalue weighted by Crippen LogP contribution is -2.10. The summed E-state index contributed by atoms with van der Waals surface area (Å²) in [4.78, 5) is 22.1. The summed E-state index contributed by atoms with van der Waals surface area (Å²) < 4.78 is 4.93. The van der Waals surface area contributed by atoms with E-state index < -0.39 is 5.97 Å². The predicted octanol–water partition coefficient (Wildman–Crippen LogP) is 1.90. The van der Waals surface area contributed by atoms with Crippen molar-refractivity contribution in [2.75, 3.05) is 5.32 Å². The Morgan fingerprint density at radius 1 is 1.19 bits per heavy atom. The van der Waals surface area contributed by atoms with Gasteiger partial charge in [-0.3, -0.25) is 4.79 Å². The van der Waals surface area contributed by atoms with E-state index in [1.165, 1.54) is 0 Å². The maximum Gasteiger partial charge on any atom is 0.335 e. The number of carbonyl (C=O) groups is 2. The molecule has 1 amide bonds. The molecule has 16 heavy (non-hydrogen) atoms. The molecule has 1 aromatic carbocycles. The third-order valence-corrected chi connectivity index (χ3v) is 1.71. The number of rotatable bonds is 4. The quantitative estimate of drug-likeness (QED) is 0.476. The third kappa shape index (κ3) is 3.09. The Bertz CT molecular complexity index is 397. The normalized spacial score (nSPS) is 9.00. The molecule has 0 bridgehead atoms. The van der Waals surface area contributed by atoms with E-state index in [2.05, 4.69) is 18.5 Å². The van der Waals surface area contributed by atoms with Crippen molar-refractivity contribution in [3.63, 3.8) is 0 Å². The number of anilines is 1. The van der Waals surface area contributed by atoms with Crippen LogP contribution in [0, 0.1) is 0 Å². The number of hydrogen-bond donors (Lipinski definition) is 1. The number of ether oxygens (including phenoxy) is 1. The van der Waals surface area contributed by atoms with Gasteiger partial charge in [0.1, 0.15) is 0 Å². The van der Waals surface area contributed by atoms with Gasteiger partial charge in [0.2, 0.25) is 5.91 Å². The Morgan fingerprint density at radius 2 is 1.88 bits per heavy atom. The zero-order valence-electron chi connectivity index (χ0n) is 8.60. The minimum Gasteiger partial charge on any atom is -0.421 e. The van der Waals surface area contributed by atoms with Crippen LogP contribution in [0.1, 0.15) is 0 Å². The van der Waals surface area contributed by atoms with Crippen molar-refractivity contribution >= 4 is 17.6 Å². The van der Waals surface area contributed by atoms with Gasteiger partial charge in [0.15, 0.2) is 5.75 Å². The summed E-state index contributed by atoms with van der Waals surface area (Å²) in [6, 6.07) is 6.59. The molecule has 1 aromatic rings. The van der Waals surface area contributed by atoms with Gasteiger partial charge in [0.25, 0.3) is 0 Å². The van der Waals surface area contributed by atoms with Crippen LogP contribution in [0.2, 0.25) is 0 Å². The molecule has 1 N–H and O–H groups in total. The van der Waals surface area contributed by atoms with E-state index in [4.69, 9.17) is 4.74 Å². The molecule has 1 rings (SSSR count). The van der Waals surface area contributed by atoms with E-state index in [0.717, 1.165) is 12.2 Å². The van der Waals surface area contributed by atoms with Crippen molar-refractivity contribution in [1.29, 1.82) is 0 Å². The van der Waals surface area contributed by atoms with Gasteiger partial charge in [-0.05, 0) is 18.2 Å². The first-order valence-corrected chi connectivity index (χ1v) is 4.54. The predicted molar refractivity (Wildman–Crippen MR) is 61.1 cm³/mol. The summed E-state index contributed by atoms with van der Waals surface area (Å²) >= 11 is 0. The molecule has 0 aliphatic rings. The molecule has 4 nitrogen and oxygen atoms in total. The maximum absolute atomic E-state index is 11.1. The summed E-state index contributed by atoms with van der Waals surface area (Å²) in [6.07, 6.45) is 2.18. The van der Waals surface area contributed by atoms with Gasteiger partial charge in [0.05, 0.1) is 5.69 Å². The molecule has 0 radical (unpaired) electrons. The van der Waals surface area contributed by atoms with Crippen LogP contribution < -0.4 is 10.1 Å². The van der Waals surface area contributed by atoms with Crippen LogP contribution in [0.15, 0.2) is 49.6 Å². The first-order valence-electron chi connectivity index (χ1n) is 4.54. The average molecular weight is 217 g/mol. The average Bonchev–Trinajstić information content (AvgIpc) is 2.31. The number of benzene rings is 1. The second-order valence-corrected chi connectivity index (χ2v) is 2.81. The third-order valence-electron chi connectivity index (χ3n) is 1.71. The Kier molecular flexibility index (Phi) is 4.03. The van der Waals surface area contributed by atoms with Gasteiger partial charge in [0, 0.05) is 6.08 Å². The molecule has 0 fully saturated rings. The van der Waals surface area contributed by atoms with Crippen molar-refractivity contribution in [1.82, 2.24) is 0 Å². The second kappa shape index (κ2) is 5.50. The minimum absolute atomic E-state index is 0.266. The molecule has 0 heterocycles. The van der Waals surface area contributed by atoms with Gasteiger partial charge >= 0.3 is 5.97 Å². The largest absolute Gasteiger partial charge is 0.421 e. The minimum atomic E-state index is -0.583. The highest BCUT2D eigenvalue weighted by molar-refractivity contribution is 6.00. The Hall–Kier alpha value is -2.36. The maximum atomic E-state index is 11.1. The Labute approximate surface area is 93.2 Å². The van der Waals surface area contributed by atoms with Crippen molar-refractivity contribution < 1.29 is 14.3 Å². The zero-order valence-corrected chi connectivity index (χ0v) is 8.60. The first kappa shape index (κ1) is 11.7. The summed E-state index contributed by atoms with van der Waals surface area (Å²) in [5.74, 6) is -0.690. The lowest BCUT2D eigenvalue weighted by molar-refractivity contribution is -0.129. The van der Waals surface area contributed by atoms with E-state index in [1.54, 1.807) is 24.3 Å². The number of hydrogen-bond acceptors (Lipinski definition) is 3. The van der Waals surface area contributed by atoms with Crippen LogP contribution in [0.3, 0.4) is 0 Å². The number of amides is 1. The van der Waals surface area contributed by atoms with E-state index in [-0.39, 0.29) is 11.7 Å². The monoisotopic (exact) mass is 217 g/mol. The Morgan fingerprint density at radius 3 is 2.50 bits per heavy atom. The van der Waals surface area contributed by atoms with Crippen molar-refractivity contribution in [3.05, 3.63) is 49.6 Å². The second-order valence-electron chi connectivity index (χ2n) is 2.81. The number of para-hydroxylation sites is 2. The fraction of sp³-hybridized carbons (Fsp3) is 0. The van der Waals surface area contributed by atoms with Gasteiger partial charge in [-0.2, -0.15) is 0 Å². The molecular formula is C12H11NO3. The number of nitrogens with one attached hydrogen (secondary N) is 1. The van der Waals surface area contributed by atoms with Crippen LogP contribution in [-0.4, -0.2) is 11.9 Å². The molecule has 0 aromatic heterocycles. The Balaban J connectivity index is 2.91. The molecule has 0 aliphatic carbocycles. The fourth-order valence-electron chi connectivity index (χ4n) is 0.993. The number of carbonyl (C=O) groups excluding carboxylic acids is 2. The summed E-state index contributed by atoms with van der Waals surface area (Å²) in [7, 11) is 0. The molecule has 82 valence electrons. The van der Waals surface area contributed by atoms with E-state index in [0.29, 0.717) is 5.69 Å². The SMILES string of the molecule is C=CC(=O)Nc1ccccc1OC(=O)C=C. The van der Waals surface area contributed by atoms with Gasteiger partial charge < -0.3 is 10.1 Å². The van der Waals surface area contributed by atoms with Crippen molar-refractivity contribution in [2.45, 2.75) is 0 Å². The van der Waals surface area contributed by atoms with Crippen molar-refractivity contribution in [3.8, 4) is 5.75 Å². The molecule has 0 unspecified atom stereocenters. The molecule has 0 atom stereocenters. The van der Waals surface area contributed by atoms with Gasteiger partial charge in [-0.25, -0.2) is 4.79 Å².